The molecule has 3 nitrogen and oxygen atoms in total. The van der Waals surface area contributed by atoms with Crippen molar-refractivity contribution in [3.63, 3.8) is 0 Å². The van der Waals surface area contributed by atoms with E-state index < -0.39 is 0 Å². The summed E-state index contributed by atoms with van der Waals surface area (Å²) < 4.78 is 0. The van der Waals surface area contributed by atoms with Crippen LogP contribution in [0.15, 0.2) is 29.2 Å². The van der Waals surface area contributed by atoms with Gasteiger partial charge in [-0.25, -0.2) is 0 Å². The molecular weight excluding hydrogens is 268 g/mol. The number of benzene rings is 1. The minimum absolute atomic E-state index is 0.224. The lowest BCUT2D eigenvalue weighted by Gasteiger charge is -2.18. The van der Waals surface area contributed by atoms with E-state index in [-0.39, 0.29) is 5.91 Å². The summed E-state index contributed by atoms with van der Waals surface area (Å²) in [5.74, 6) is 0.753. The molecule has 1 aliphatic carbocycles. The van der Waals surface area contributed by atoms with Gasteiger partial charge in [0.25, 0.3) is 0 Å². The second-order valence-electron chi connectivity index (χ2n) is 5.16. The van der Waals surface area contributed by atoms with Gasteiger partial charge in [0.15, 0.2) is 0 Å². The summed E-state index contributed by atoms with van der Waals surface area (Å²) >= 11 is 1.63. The Morgan fingerprint density at radius 3 is 2.75 bits per heavy atom. The first-order chi connectivity index (χ1) is 9.72. The van der Waals surface area contributed by atoms with Gasteiger partial charge in [0.1, 0.15) is 0 Å². The van der Waals surface area contributed by atoms with Crippen molar-refractivity contribution >= 4 is 17.7 Å². The summed E-state index contributed by atoms with van der Waals surface area (Å²) in [5.41, 5.74) is 1.30. The normalized spacial score (nSPS) is 14.3. The molecule has 4 heteroatoms. The van der Waals surface area contributed by atoms with E-state index in [1.165, 1.54) is 23.3 Å². The van der Waals surface area contributed by atoms with E-state index in [1.807, 2.05) is 18.7 Å². The third kappa shape index (κ3) is 4.84. The average molecular weight is 292 g/mol. The van der Waals surface area contributed by atoms with E-state index in [0.29, 0.717) is 5.75 Å². The van der Waals surface area contributed by atoms with Crippen molar-refractivity contribution < 1.29 is 4.79 Å². The highest BCUT2D eigenvalue weighted by atomic mass is 32.2. The monoisotopic (exact) mass is 292 g/mol. The molecule has 1 aliphatic rings. The number of hydrogen-bond acceptors (Lipinski definition) is 3. The maximum absolute atomic E-state index is 12.0. The van der Waals surface area contributed by atoms with Gasteiger partial charge in [-0.1, -0.05) is 12.1 Å². The summed E-state index contributed by atoms with van der Waals surface area (Å²) in [6.45, 7) is 6.57. The Balaban J connectivity index is 1.82. The molecule has 0 spiro atoms. The zero-order chi connectivity index (χ0) is 14.4. The zero-order valence-electron chi connectivity index (χ0n) is 12.4. The summed E-state index contributed by atoms with van der Waals surface area (Å²) in [4.78, 5) is 15.0. The van der Waals surface area contributed by atoms with Crippen LogP contribution in [0.1, 0.15) is 32.3 Å². The number of carbonyl (C=O) groups is 1. The molecule has 1 amide bonds. The standard InChI is InChI=1S/C16H24N2OS/c1-3-18(4-2)16(19)12-20-15-7-5-6-13(10-15)11-17-14-8-9-14/h5-7,10,14,17H,3-4,8-9,11-12H2,1-2H3. The van der Waals surface area contributed by atoms with Crippen LogP contribution in [0.4, 0.5) is 0 Å². The lowest BCUT2D eigenvalue weighted by Crippen LogP contribution is -2.31. The SMILES string of the molecule is CCN(CC)C(=O)CSc1cccc(CNC2CC2)c1. The number of hydrogen-bond donors (Lipinski definition) is 1. The molecule has 1 N–H and O–H groups in total. The number of carbonyl (C=O) groups excluding carboxylic acids is 1. The first-order valence-corrected chi connectivity index (χ1v) is 8.44. The molecule has 0 aliphatic heterocycles. The Hall–Kier alpha value is -1.00. The molecule has 1 saturated carbocycles. The molecule has 20 heavy (non-hydrogen) atoms. The van der Waals surface area contributed by atoms with Crippen molar-refractivity contribution in [1.82, 2.24) is 10.2 Å². The Morgan fingerprint density at radius 1 is 1.35 bits per heavy atom. The number of thioether (sulfide) groups is 1. The minimum Gasteiger partial charge on any atom is -0.343 e. The van der Waals surface area contributed by atoms with E-state index in [0.717, 1.165) is 25.7 Å². The summed E-state index contributed by atoms with van der Waals surface area (Å²) in [6.07, 6.45) is 2.62. The van der Waals surface area contributed by atoms with Crippen LogP contribution in [0.3, 0.4) is 0 Å². The molecule has 2 rings (SSSR count). The smallest absolute Gasteiger partial charge is 0.232 e. The molecule has 0 aromatic heterocycles. The van der Waals surface area contributed by atoms with Crippen LogP contribution in [0.2, 0.25) is 0 Å². The second kappa shape index (κ2) is 7.70. The number of rotatable bonds is 8. The molecule has 0 bridgehead atoms. The largest absolute Gasteiger partial charge is 0.343 e. The molecule has 1 fully saturated rings. The van der Waals surface area contributed by atoms with Gasteiger partial charge in [-0.3, -0.25) is 4.79 Å². The van der Waals surface area contributed by atoms with Crippen molar-refractivity contribution in [3.05, 3.63) is 29.8 Å². The van der Waals surface area contributed by atoms with Gasteiger partial charge < -0.3 is 10.2 Å². The van der Waals surface area contributed by atoms with Gasteiger partial charge in [0, 0.05) is 30.6 Å². The fraction of sp³-hybridized carbons (Fsp3) is 0.562. The maximum atomic E-state index is 12.0. The van der Waals surface area contributed by atoms with Crippen LogP contribution < -0.4 is 5.32 Å². The molecule has 0 atom stereocenters. The van der Waals surface area contributed by atoms with Gasteiger partial charge in [0.2, 0.25) is 5.91 Å². The molecule has 1 aromatic rings. The highest BCUT2D eigenvalue weighted by Gasteiger charge is 2.19. The van der Waals surface area contributed by atoms with E-state index in [2.05, 4.69) is 29.6 Å². The second-order valence-corrected chi connectivity index (χ2v) is 6.21. The Labute approximate surface area is 126 Å². The van der Waals surface area contributed by atoms with E-state index in [4.69, 9.17) is 0 Å². The van der Waals surface area contributed by atoms with Crippen LogP contribution in [-0.4, -0.2) is 35.7 Å². The molecule has 0 unspecified atom stereocenters. The summed E-state index contributed by atoms with van der Waals surface area (Å²) in [5, 5.41) is 3.52. The van der Waals surface area contributed by atoms with E-state index in [1.54, 1.807) is 11.8 Å². The average Bonchev–Trinajstić information content (AvgIpc) is 3.29. The lowest BCUT2D eigenvalue weighted by molar-refractivity contribution is -0.127. The van der Waals surface area contributed by atoms with Crippen molar-refractivity contribution in [2.75, 3.05) is 18.8 Å². The quantitative estimate of drug-likeness (QED) is 0.748. The number of nitrogens with one attached hydrogen (secondary N) is 1. The predicted molar refractivity (Wildman–Crippen MR) is 85.0 cm³/mol. The molecule has 1 aromatic carbocycles. The first-order valence-electron chi connectivity index (χ1n) is 7.45. The van der Waals surface area contributed by atoms with Crippen LogP contribution in [0, 0.1) is 0 Å². The summed E-state index contributed by atoms with van der Waals surface area (Å²) in [7, 11) is 0. The van der Waals surface area contributed by atoms with Gasteiger partial charge >= 0.3 is 0 Å². The van der Waals surface area contributed by atoms with Crippen LogP contribution in [0.5, 0.6) is 0 Å². The van der Waals surface area contributed by atoms with Crippen LogP contribution in [0.25, 0.3) is 0 Å². The van der Waals surface area contributed by atoms with E-state index in [9.17, 15) is 4.79 Å². The highest BCUT2D eigenvalue weighted by molar-refractivity contribution is 8.00. The first kappa shape index (κ1) is 15.4. The lowest BCUT2D eigenvalue weighted by atomic mass is 10.2. The predicted octanol–water partition coefficient (Wildman–Crippen LogP) is 2.90. The highest BCUT2D eigenvalue weighted by Crippen LogP contribution is 2.22. The van der Waals surface area contributed by atoms with Crippen molar-refractivity contribution in [1.29, 1.82) is 0 Å². The van der Waals surface area contributed by atoms with Crippen molar-refractivity contribution in [2.24, 2.45) is 0 Å². The third-order valence-corrected chi connectivity index (χ3v) is 4.53. The van der Waals surface area contributed by atoms with Crippen LogP contribution >= 0.6 is 11.8 Å². The van der Waals surface area contributed by atoms with Gasteiger partial charge in [0.05, 0.1) is 5.75 Å². The Kier molecular flexibility index (Phi) is 5.92. The van der Waals surface area contributed by atoms with Gasteiger partial charge in [-0.15, -0.1) is 11.8 Å². The third-order valence-electron chi connectivity index (χ3n) is 3.55. The van der Waals surface area contributed by atoms with Crippen LogP contribution in [-0.2, 0) is 11.3 Å². The topological polar surface area (TPSA) is 32.3 Å². The maximum Gasteiger partial charge on any atom is 0.232 e. The minimum atomic E-state index is 0.224. The van der Waals surface area contributed by atoms with Crippen molar-refractivity contribution in [3.8, 4) is 0 Å². The van der Waals surface area contributed by atoms with Gasteiger partial charge in [-0.05, 0) is 44.4 Å². The summed E-state index contributed by atoms with van der Waals surface area (Å²) in [6, 6.07) is 9.23. The molecule has 0 radical (unpaired) electrons. The van der Waals surface area contributed by atoms with E-state index >= 15 is 0 Å². The molecular formula is C16H24N2OS. The fourth-order valence-corrected chi connectivity index (χ4v) is 2.99. The fourth-order valence-electron chi connectivity index (χ4n) is 2.11. The Bertz CT molecular complexity index is 442. The molecule has 0 saturated heterocycles. The number of amides is 1. The zero-order valence-corrected chi connectivity index (χ0v) is 13.2. The van der Waals surface area contributed by atoms with Crippen molar-refractivity contribution in [2.45, 2.75) is 44.2 Å². The molecule has 0 heterocycles. The molecule has 110 valence electrons. The van der Waals surface area contributed by atoms with Gasteiger partial charge in [-0.2, -0.15) is 0 Å². The number of nitrogens with zero attached hydrogens (tertiary/aromatic N) is 1. The Morgan fingerprint density at radius 2 is 2.10 bits per heavy atom.